The van der Waals surface area contributed by atoms with Gasteiger partial charge in [-0.2, -0.15) is 0 Å². The molecule has 0 bridgehead atoms. The predicted molar refractivity (Wildman–Crippen MR) is 161 cm³/mol. The maximum absolute atomic E-state index is 13.4. The van der Waals surface area contributed by atoms with Gasteiger partial charge >= 0.3 is 0 Å². The third-order valence-electron chi connectivity index (χ3n) is 6.08. The van der Waals surface area contributed by atoms with E-state index in [0.717, 1.165) is 22.0 Å². The molecule has 39 heavy (non-hydrogen) atoms. The van der Waals surface area contributed by atoms with E-state index in [2.05, 4.69) is 10.6 Å². The number of nitrogens with zero attached hydrogens (tertiary/aromatic N) is 1. The summed E-state index contributed by atoms with van der Waals surface area (Å²) in [6, 6.07) is 26.3. The Kier molecular flexibility index (Phi) is 8.91. The van der Waals surface area contributed by atoms with Crippen molar-refractivity contribution in [2.75, 3.05) is 31.0 Å². The molecule has 2 N–H and O–H groups in total. The standard InChI is InChI=1S/C31H29N3O4S/c1-4-34(26-11-7-9-22-8-5-6-10-25(22)26)30(36)23-14-16-24(17-15-23)32-31(39)33-29(35)19-13-21-12-18-27(37-2)28(20-21)38-3/h5-20H,4H2,1-3H3,(H2,32,33,35,39)/b19-13+. The first-order valence-electron chi connectivity index (χ1n) is 12.3. The Balaban J connectivity index is 1.38. The highest BCUT2D eigenvalue weighted by atomic mass is 32.1. The number of carbonyl (C=O) groups is 2. The summed E-state index contributed by atoms with van der Waals surface area (Å²) in [5.74, 6) is 0.686. The van der Waals surface area contributed by atoms with Gasteiger partial charge in [-0.3, -0.25) is 14.9 Å². The minimum Gasteiger partial charge on any atom is -0.493 e. The smallest absolute Gasteiger partial charge is 0.258 e. The summed E-state index contributed by atoms with van der Waals surface area (Å²) < 4.78 is 10.5. The van der Waals surface area contributed by atoms with Crippen LogP contribution in [0.1, 0.15) is 22.8 Å². The zero-order valence-electron chi connectivity index (χ0n) is 21.9. The first-order chi connectivity index (χ1) is 18.9. The van der Waals surface area contributed by atoms with Crippen molar-refractivity contribution >= 4 is 57.4 Å². The van der Waals surface area contributed by atoms with Crippen LogP contribution in [0.5, 0.6) is 11.5 Å². The first-order valence-corrected chi connectivity index (χ1v) is 12.8. The fraction of sp³-hybridized carbons (Fsp3) is 0.129. The van der Waals surface area contributed by atoms with Gasteiger partial charge < -0.3 is 19.7 Å². The Morgan fingerprint density at radius 1 is 0.897 bits per heavy atom. The highest BCUT2D eigenvalue weighted by Crippen LogP contribution is 2.29. The Morgan fingerprint density at radius 3 is 2.33 bits per heavy atom. The molecule has 0 aromatic heterocycles. The van der Waals surface area contributed by atoms with E-state index in [9.17, 15) is 9.59 Å². The van der Waals surface area contributed by atoms with Crippen molar-refractivity contribution < 1.29 is 19.1 Å². The monoisotopic (exact) mass is 539 g/mol. The molecule has 0 unspecified atom stereocenters. The molecule has 0 heterocycles. The van der Waals surface area contributed by atoms with Gasteiger partial charge in [0.2, 0.25) is 5.91 Å². The van der Waals surface area contributed by atoms with Crippen molar-refractivity contribution in [3.63, 3.8) is 0 Å². The number of rotatable bonds is 8. The van der Waals surface area contributed by atoms with E-state index in [4.69, 9.17) is 21.7 Å². The molecule has 4 aromatic rings. The average Bonchev–Trinajstić information content (AvgIpc) is 2.96. The van der Waals surface area contributed by atoms with Crippen molar-refractivity contribution in [2.45, 2.75) is 6.92 Å². The van der Waals surface area contributed by atoms with Crippen LogP contribution in [0.4, 0.5) is 11.4 Å². The maximum atomic E-state index is 13.4. The summed E-state index contributed by atoms with van der Waals surface area (Å²) in [4.78, 5) is 27.5. The second-order valence-electron chi connectivity index (χ2n) is 8.52. The molecule has 4 aromatic carbocycles. The molecule has 0 aliphatic rings. The minimum absolute atomic E-state index is 0.100. The van der Waals surface area contributed by atoms with E-state index in [1.54, 1.807) is 61.6 Å². The Labute approximate surface area is 233 Å². The molecule has 4 rings (SSSR count). The number of hydrogen-bond acceptors (Lipinski definition) is 5. The van der Waals surface area contributed by atoms with Gasteiger partial charge in [-0.15, -0.1) is 0 Å². The lowest BCUT2D eigenvalue weighted by Gasteiger charge is -2.23. The molecule has 0 radical (unpaired) electrons. The molecule has 198 valence electrons. The van der Waals surface area contributed by atoms with E-state index in [1.165, 1.54) is 6.08 Å². The van der Waals surface area contributed by atoms with Gasteiger partial charge in [0.25, 0.3) is 5.91 Å². The topological polar surface area (TPSA) is 79.9 Å². The third kappa shape index (κ3) is 6.61. The third-order valence-corrected chi connectivity index (χ3v) is 6.28. The van der Waals surface area contributed by atoms with Crippen LogP contribution in [0, 0.1) is 0 Å². The number of fused-ring (bicyclic) bond motifs is 1. The molecule has 0 saturated heterocycles. The Bertz CT molecular complexity index is 1530. The van der Waals surface area contributed by atoms with Crippen LogP contribution in [0.15, 0.2) is 91.0 Å². The summed E-state index contributed by atoms with van der Waals surface area (Å²) in [6.45, 7) is 2.48. The number of amides is 2. The largest absolute Gasteiger partial charge is 0.493 e. The highest BCUT2D eigenvalue weighted by molar-refractivity contribution is 7.80. The van der Waals surface area contributed by atoms with Crippen LogP contribution in [0.3, 0.4) is 0 Å². The second kappa shape index (κ2) is 12.7. The van der Waals surface area contributed by atoms with Gasteiger partial charge in [-0.25, -0.2) is 0 Å². The van der Waals surface area contributed by atoms with E-state index >= 15 is 0 Å². The molecular weight excluding hydrogens is 510 g/mol. The molecule has 0 spiro atoms. The zero-order chi connectivity index (χ0) is 27.8. The number of carbonyl (C=O) groups excluding carboxylic acids is 2. The lowest BCUT2D eigenvalue weighted by atomic mass is 10.1. The zero-order valence-corrected chi connectivity index (χ0v) is 22.7. The van der Waals surface area contributed by atoms with Gasteiger partial charge in [0.1, 0.15) is 0 Å². The van der Waals surface area contributed by atoms with Crippen molar-refractivity contribution in [3.05, 3.63) is 102 Å². The molecule has 2 amide bonds. The average molecular weight is 540 g/mol. The number of hydrogen-bond donors (Lipinski definition) is 2. The molecule has 8 heteroatoms. The Morgan fingerprint density at radius 2 is 1.62 bits per heavy atom. The molecule has 0 fully saturated rings. The number of thiocarbonyl (C=S) groups is 1. The van der Waals surface area contributed by atoms with Gasteiger partial charge in [0.05, 0.1) is 19.9 Å². The Hall–Kier alpha value is -4.69. The van der Waals surface area contributed by atoms with E-state index in [1.807, 2.05) is 55.5 Å². The first kappa shape index (κ1) is 27.3. The molecular formula is C31H29N3O4S. The highest BCUT2D eigenvalue weighted by Gasteiger charge is 2.18. The van der Waals surface area contributed by atoms with Crippen LogP contribution < -0.4 is 25.0 Å². The van der Waals surface area contributed by atoms with Crippen LogP contribution in [0.2, 0.25) is 0 Å². The quantitative estimate of drug-likeness (QED) is 0.210. The molecule has 0 aliphatic carbocycles. The number of methoxy groups -OCH3 is 2. The van der Waals surface area contributed by atoms with E-state index < -0.39 is 0 Å². The van der Waals surface area contributed by atoms with E-state index in [0.29, 0.717) is 29.3 Å². The van der Waals surface area contributed by atoms with Crippen molar-refractivity contribution in [1.82, 2.24) is 5.32 Å². The van der Waals surface area contributed by atoms with Gasteiger partial charge in [0.15, 0.2) is 16.6 Å². The van der Waals surface area contributed by atoms with Crippen LogP contribution in [-0.4, -0.2) is 37.7 Å². The summed E-state index contributed by atoms with van der Waals surface area (Å²) in [7, 11) is 3.11. The lowest BCUT2D eigenvalue weighted by molar-refractivity contribution is -0.115. The second-order valence-corrected chi connectivity index (χ2v) is 8.92. The number of benzene rings is 4. The maximum Gasteiger partial charge on any atom is 0.258 e. The molecule has 7 nitrogen and oxygen atoms in total. The molecule has 0 atom stereocenters. The number of anilines is 2. The number of nitrogens with one attached hydrogen (secondary N) is 2. The minimum atomic E-state index is -0.386. The molecule has 0 aliphatic heterocycles. The van der Waals surface area contributed by atoms with Crippen molar-refractivity contribution in [2.24, 2.45) is 0 Å². The summed E-state index contributed by atoms with van der Waals surface area (Å²) in [6.07, 6.45) is 3.03. The van der Waals surface area contributed by atoms with Crippen LogP contribution in [-0.2, 0) is 4.79 Å². The van der Waals surface area contributed by atoms with Crippen LogP contribution >= 0.6 is 12.2 Å². The normalized spacial score (nSPS) is 10.7. The summed E-state index contributed by atoms with van der Waals surface area (Å²) in [5.41, 5.74) is 2.83. The van der Waals surface area contributed by atoms with Crippen molar-refractivity contribution in [3.8, 4) is 11.5 Å². The number of ether oxygens (including phenoxy) is 2. The summed E-state index contributed by atoms with van der Waals surface area (Å²) in [5, 5.41) is 7.83. The van der Waals surface area contributed by atoms with Gasteiger partial charge in [0, 0.05) is 29.3 Å². The van der Waals surface area contributed by atoms with Gasteiger partial charge in [-0.1, -0.05) is 42.5 Å². The fourth-order valence-corrected chi connectivity index (χ4v) is 4.38. The fourth-order valence-electron chi connectivity index (χ4n) is 4.16. The van der Waals surface area contributed by atoms with Crippen LogP contribution in [0.25, 0.3) is 16.8 Å². The van der Waals surface area contributed by atoms with E-state index in [-0.39, 0.29) is 16.9 Å². The van der Waals surface area contributed by atoms with Gasteiger partial charge in [-0.05, 0) is 78.6 Å². The lowest BCUT2D eigenvalue weighted by Crippen LogP contribution is -2.33. The molecule has 0 saturated carbocycles. The SMILES string of the molecule is CCN(C(=O)c1ccc(NC(=S)NC(=O)/C=C/c2ccc(OC)c(OC)c2)cc1)c1cccc2ccccc12. The predicted octanol–water partition coefficient (Wildman–Crippen LogP) is 6.05. The summed E-state index contributed by atoms with van der Waals surface area (Å²) >= 11 is 5.28. The van der Waals surface area contributed by atoms with Crippen molar-refractivity contribution in [1.29, 1.82) is 0 Å².